The molecule has 6 aromatic rings. The standard InChI is InChI=1S/C42H45Cl2N5O6/c1-22-18-27(19-23(2)37(22)44)55-16-9-10-28-29-11-12-31(43)36(34-25(4)45-46(6)26(34)5)38(29)49-24(3)20-48(41(50)39(28)49)32-13-14-33(54-8)35-30(42(51)52)21-47(40(32)35)15-17-53-7/h11-14,18-19,21,24H,9-10,15-17,20H2,1-8H3,(H,51,52). The molecule has 0 radical (unpaired) electrons. The average Bonchev–Trinajstić information content (AvgIpc) is 3.78. The Morgan fingerprint density at radius 2 is 1.73 bits per heavy atom. The SMILES string of the molecule is COCCn1cc(C(=O)O)c2c(OC)ccc(N3CC(C)n4c(c(CCCOc5cc(C)c(Cl)c(C)c5)c5ccc(Cl)c(-c6c(C)nn(C)c6C)c54)C3=O)c21. The van der Waals surface area contributed by atoms with Crippen LogP contribution in [0.2, 0.25) is 10.0 Å². The molecule has 3 aromatic carbocycles. The lowest BCUT2D eigenvalue weighted by Gasteiger charge is -2.35. The Labute approximate surface area is 329 Å². The summed E-state index contributed by atoms with van der Waals surface area (Å²) in [7, 11) is 5.03. The van der Waals surface area contributed by atoms with E-state index in [0.29, 0.717) is 72.2 Å². The molecule has 0 fully saturated rings. The molecule has 1 atom stereocenters. The molecule has 3 aromatic heterocycles. The summed E-state index contributed by atoms with van der Waals surface area (Å²) in [6.07, 6.45) is 2.77. The van der Waals surface area contributed by atoms with Crippen LogP contribution in [0.5, 0.6) is 11.5 Å². The molecule has 0 spiro atoms. The number of aromatic nitrogens is 4. The van der Waals surface area contributed by atoms with E-state index in [0.717, 1.165) is 60.9 Å². The van der Waals surface area contributed by atoms with Crippen LogP contribution in [-0.2, 0) is 24.8 Å². The molecule has 1 amide bonds. The second kappa shape index (κ2) is 14.9. The largest absolute Gasteiger partial charge is 0.496 e. The number of rotatable bonds is 12. The molecule has 0 bridgehead atoms. The molecule has 0 aliphatic carbocycles. The van der Waals surface area contributed by atoms with Crippen LogP contribution >= 0.6 is 23.2 Å². The van der Waals surface area contributed by atoms with Crippen LogP contribution < -0.4 is 14.4 Å². The van der Waals surface area contributed by atoms with Gasteiger partial charge in [0.15, 0.2) is 0 Å². The van der Waals surface area contributed by atoms with E-state index in [2.05, 4.69) is 11.5 Å². The highest BCUT2D eigenvalue weighted by Gasteiger charge is 2.38. The Hall–Kier alpha value is -4.97. The van der Waals surface area contributed by atoms with Gasteiger partial charge in [-0.05, 0) is 94.5 Å². The van der Waals surface area contributed by atoms with Gasteiger partial charge in [0.1, 0.15) is 17.2 Å². The van der Waals surface area contributed by atoms with Gasteiger partial charge < -0.3 is 33.4 Å². The quantitative estimate of drug-likeness (QED) is 0.123. The van der Waals surface area contributed by atoms with Gasteiger partial charge in [-0.1, -0.05) is 29.3 Å². The Kier molecular flexibility index (Phi) is 10.4. The van der Waals surface area contributed by atoms with Crippen molar-refractivity contribution in [1.29, 1.82) is 0 Å². The van der Waals surface area contributed by atoms with Crippen molar-refractivity contribution in [2.75, 3.05) is 38.9 Å². The molecule has 11 nitrogen and oxygen atoms in total. The average molecular weight is 787 g/mol. The van der Waals surface area contributed by atoms with Crippen molar-refractivity contribution >= 4 is 62.6 Å². The second-order valence-corrected chi connectivity index (χ2v) is 15.1. The van der Waals surface area contributed by atoms with Crippen LogP contribution in [0, 0.1) is 27.7 Å². The maximum Gasteiger partial charge on any atom is 0.338 e. The van der Waals surface area contributed by atoms with Crippen molar-refractivity contribution in [1.82, 2.24) is 18.9 Å². The topological polar surface area (TPSA) is 113 Å². The van der Waals surface area contributed by atoms with Gasteiger partial charge in [0, 0.05) is 66.7 Å². The minimum absolute atomic E-state index is 0.0877. The fraction of sp³-hybridized carbons (Fsp3) is 0.357. The van der Waals surface area contributed by atoms with Gasteiger partial charge in [0.2, 0.25) is 0 Å². The first-order valence-electron chi connectivity index (χ1n) is 18.3. The monoisotopic (exact) mass is 785 g/mol. The lowest BCUT2D eigenvalue weighted by molar-refractivity contribution is 0.0698. The molecule has 4 heterocycles. The number of benzene rings is 3. The van der Waals surface area contributed by atoms with Gasteiger partial charge in [-0.15, -0.1) is 0 Å². The van der Waals surface area contributed by atoms with Crippen molar-refractivity contribution in [2.45, 2.75) is 60.0 Å². The first-order valence-corrected chi connectivity index (χ1v) is 19.0. The van der Waals surface area contributed by atoms with E-state index in [-0.39, 0.29) is 17.5 Å². The number of carbonyl (C=O) groups is 2. The van der Waals surface area contributed by atoms with Gasteiger partial charge >= 0.3 is 5.97 Å². The summed E-state index contributed by atoms with van der Waals surface area (Å²) in [5.41, 5.74) is 9.11. The number of fused-ring (bicyclic) bond motifs is 4. The lowest BCUT2D eigenvalue weighted by atomic mass is 9.98. The van der Waals surface area contributed by atoms with Crippen LogP contribution in [0.4, 0.5) is 5.69 Å². The predicted octanol–water partition coefficient (Wildman–Crippen LogP) is 9.12. The molecule has 1 aliphatic heterocycles. The number of hydrogen-bond donors (Lipinski definition) is 1. The molecule has 1 N–H and O–H groups in total. The summed E-state index contributed by atoms with van der Waals surface area (Å²) in [4.78, 5) is 29.6. The van der Waals surface area contributed by atoms with E-state index >= 15 is 4.79 Å². The number of amides is 1. The third-order valence-electron chi connectivity index (χ3n) is 10.8. The molecule has 55 heavy (non-hydrogen) atoms. The van der Waals surface area contributed by atoms with Crippen LogP contribution in [-0.4, -0.2) is 69.9 Å². The number of aromatic carboxylic acids is 1. The number of hydrogen-bond acceptors (Lipinski definition) is 6. The summed E-state index contributed by atoms with van der Waals surface area (Å²) < 4.78 is 23.2. The molecular weight excluding hydrogens is 741 g/mol. The number of carboxylic acid groups (broad SMARTS) is 1. The number of ether oxygens (including phenoxy) is 3. The number of aryl methyl sites for hydroxylation is 5. The summed E-state index contributed by atoms with van der Waals surface area (Å²) in [6, 6.07) is 11.2. The van der Waals surface area contributed by atoms with E-state index in [4.69, 9.17) is 42.5 Å². The third kappa shape index (κ3) is 6.41. The van der Waals surface area contributed by atoms with E-state index in [1.165, 1.54) is 7.11 Å². The zero-order valence-corrected chi connectivity index (χ0v) is 33.9. The number of methoxy groups -OCH3 is 2. The molecule has 1 aliphatic rings. The maximum absolute atomic E-state index is 15.3. The number of carbonyl (C=O) groups excluding carboxylic acids is 1. The third-order valence-corrected chi connectivity index (χ3v) is 11.7. The van der Waals surface area contributed by atoms with Crippen LogP contribution in [0.3, 0.4) is 0 Å². The molecule has 7 rings (SSSR count). The fourth-order valence-electron chi connectivity index (χ4n) is 8.25. The first-order chi connectivity index (χ1) is 26.3. The molecule has 0 saturated heterocycles. The summed E-state index contributed by atoms with van der Waals surface area (Å²) in [5, 5.41) is 17.7. The molecule has 13 heteroatoms. The molecule has 1 unspecified atom stereocenters. The first kappa shape index (κ1) is 38.3. The Bertz CT molecular complexity index is 2490. The molecular formula is C42H45Cl2N5O6. The van der Waals surface area contributed by atoms with Gasteiger partial charge in [0.25, 0.3) is 5.91 Å². The predicted molar refractivity (Wildman–Crippen MR) is 217 cm³/mol. The Morgan fingerprint density at radius 3 is 2.36 bits per heavy atom. The number of anilines is 1. The molecule has 0 saturated carbocycles. The minimum Gasteiger partial charge on any atom is -0.496 e. The summed E-state index contributed by atoms with van der Waals surface area (Å²) in [6.45, 7) is 11.5. The van der Waals surface area contributed by atoms with E-state index in [9.17, 15) is 9.90 Å². The maximum atomic E-state index is 15.3. The van der Waals surface area contributed by atoms with Gasteiger partial charge in [-0.25, -0.2) is 4.79 Å². The highest BCUT2D eigenvalue weighted by Crippen LogP contribution is 2.46. The smallest absolute Gasteiger partial charge is 0.338 e. The minimum atomic E-state index is -1.09. The van der Waals surface area contributed by atoms with E-state index < -0.39 is 5.97 Å². The molecule has 288 valence electrons. The highest BCUT2D eigenvalue weighted by molar-refractivity contribution is 6.35. The van der Waals surface area contributed by atoms with Crippen LogP contribution in [0.1, 0.15) is 68.3 Å². The van der Waals surface area contributed by atoms with Crippen molar-refractivity contribution in [3.63, 3.8) is 0 Å². The number of halogens is 2. The van der Waals surface area contributed by atoms with Crippen LogP contribution in [0.15, 0.2) is 42.6 Å². The Balaban J connectivity index is 1.41. The fourth-order valence-corrected chi connectivity index (χ4v) is 8.61. The van der Waals surface area contributed by atoms with Crippen LogP contribution in [0.25, 0.3) is 32.9 Å². The Morgan fingerprint density at radius 1 is 1.00 bits per heavy atom. The van der Waals surface area contributed by atoms with Gasteiger partial charge in [-0.3, -0.25) is 9.48 Å². The summed E-state index contributed by atoms with van der Waals surface area (Å²) >= 11 is 13.5. The van der Waals surface area contributed by atoms with Crippen molar-refractivity contribution in [3.05, 3.63) is 92.0 Å². The second-order valence-electron chi connectivity index (χ2n) is 14.3. The van der Waals surface area contributed by atoms with Crippen molar-refractivity contribution in [2.24, 2.45) is 7.05 Å². The highest BCUT2D eigenvalue weighted by atomic mass is 35.5. The number of carboxylic acids is 1. The van der Waals surface area contributed by atoms with Gasteiger partial charge in [0.05, 0.1) is 58.7 Å². The van der Waals surface area contributed by atoms with E-state index in [1.807, 2.05) is 74.3 Å². The van der Waals surface area contributed by atoms with Crippen molar-refractivity contribution < 1.29 is 28.9 Å². The number of nitrogens with zero attached hydrogens (tertiary/aromatic N) is 5. The van der Waals surface area contributed by atoms with Crippen molar-refractivity contribution in [3.8, 4) is 22.6 Å². The normalized spacial score (nSPS) is 14.3. The zero-order valence-electron chi connectivity index (χ0n) is 32.3. The summed E-state index contributed by atoms with van der Waals surface area (Å²) in [5.74, 6) is -0.129. The van der Waals surface area contributed by atoms with Gasteiger partial charge in [-0.2, -0.15) is 5.10 Å². The lowest BCUT2D eigenvalue weighted by Crippen LogP contribution is -2.43. The zero-order chi connectivity index (χ0) is 39.5. The van der Waals surface area contributed by atoms with E-state index in [1.54, 1.807) is 24.3 Å².